The van der Waals surface area contributed by atoms with Crippen LogP contribution in [0.25, 0.3) is 0 Å². The summed E-state index contributed by atoms with van der Waals surface area (Å²) in [4.78, 5) is 38.7. The van der Waals surface area contributed by atoms with Crippen LogP contribution in [-0.4, -0.2) is 55.5 Å². The third kappa shape index (κ3) is 5.37. The molecular weight excluding hydrogens is 398 g/mol. The first-order valence-corrected chi connectivity index (χ1v) is 10.5. The smallest absolute Gasteiger partial charge is 0.279 e. The maximum Gasteiger partial charge on any atom is 0.279 e. The van der Waals surface area contributed by atoms with Crippen molar-refractivity contribution in [1.82, 2.24) is 5.32 Å². The average Bonchev–Trinajstić information content (AvgIpc) is 3.58. The summed E-state index contributed by atoms with van der Waals surface area (Å²) in [6.07, 6.45) is 2.02. The van der Waals surface area contributed by atoms with Gasteiger partial charge in [-0.2, -0.15) is 0 Å². The van der Waals surface area contributed by atoms with Crippen LogP contribution in [0, 0.1) is 10.1 Å². The molecule has 1 aliphatic carbocycles. The number of carbonyl (C=O) groups is 2. The summed E-state index contributed by atoms with van der Waals surface area (Å²) in [5, 5.41) is 16.7. The van der Waals surface area contributed by atoms with Crippen molar-refractivity contribution in [2.45, 2.75) is 18.9 Å². The Morgan fingerprint density at radius 2 is 1.74 bits per heavy atom. The van der Waals surface area contributed by atoms with E-state index in [1.165, 1.54) is 12.1 Å². The number of para-hydroxylation sites is 1. The van der Waals surface area contributed by atoms with Crippen molar-refractivity contribution in [2.75, 3.05) is 42.9 Å². The van der Waals surface area contributed by atoms with Crippen molar-refractivity contribution in [3.63, 3.8) is 0 Å². The zero-order valence-corrected chi connectivity index (χ0v) is 17.2. The first-order chi connectivity index (χ1) is 15.0. The van der Waals surface area contributed by atoms with E-state index in [1.807, 2.05) is 0 Å². The standard InChI is InChI=1S/C22H25N5O4/c28-21(24-20-4-2-1-3-19(20)22(29)23-16-5-6-16)15-25-11-13-26(14-12-25)17-7-9-18(10-8-17)27(30)31/h1-4,7-10,16H,5-6,11-15H2,(H,23,29)(H,24,28)/p+1. The molecule has 2 fully saturated rings. The van der Waals surface area contributed by atoms with Crippen molar-refractivity contribution in [3.05, 3.63) is 64.2 Å². The van der Waals surface area contributed by atoms with Gasteiger partial charge in [0.15, 0.2) is 6.54 Å². The van der Waals surface area contributed by atoms with Gasteiger partial charge in [-0.1, -0.05) is 12.1 Å². The number of nitro benzene ring substituents is 1. The lowest BCUT2D eigenvalue weighted by Gasteiger charge is -2.33. The SMILES string of the molecule is O=C(C[NH+]1CCN(c2ccc([N+](=O)[O-])cc2)CC1)Nc1ccccc1C(=O)NC1CC1. The fourth-order valence-corrected chi connectivity index (χ4v) is 3.75. The Hall–Kier alpha value is -3.46. The van der Waals surface area contributed by atoms with Gasteiger partial charge in [-0.15, -0.1) is 0 Å². The van der Waals surface area contributed by atoms with Crippen LogP contribution in [-0.2, 0) is 4.79 Å². The number of quaternary nitrogens is 1. The van der Waals surface area contributed by atoms with Crippen molar-refractivity contribution in [3.8, 4) is 0 Å². The van der Waals surface area contributed by atoms with Crippen LogP contribution in [0.1, 0.15) is 23.2 Å². The summed E-state index contributed by atoms with van der Waals surface area (Å²) in [5.41, 5.74) is 2.05. The van der Waals surface area contributed by atoms with Crippen molar-refractivity contribution in [2.24, 2.45) is 0 Å². The molecule has 2 aromatic rings. The van der Waals surface area contributed by atoms with Gasteiger partial charge in [0.2, 0.25) is 0 Å². The first-order valence-electron chi connectivity index (χ1n) is 10.5. The lowest BCUT2D eigenvalue weighted by atomic mass is 10.1. The van der Waals surface area contributed by atoms with E-state index in [0.717, 1.165) is 49.6 Å². The second-order valence-electron chi connectivity index (χ2n) is 8.03. The largest absolute Gasteiger partial charge is 0.360 e. The highest BCUT2D eigenvalue weighted by atomic mass is 16.6. The van der Waals surface area contributed by atoms with Crippen LogP contribution >= 0.6 is 0 Å². The summed E-state index contributed by atoms with van der Waals surface area (Å²) < 4.78 is 0. The number of anilines is 2. The Kier molecular flexibility index (Phi) is 6.13. The lowest BCUT2D eigenvalue weighted by molar-refractivity contribution is -0.892. The van der Waals surface area contributed by atoms with Gasteiger partial charge >= 0.3 is 0 Å². The van der Waals surface area contributed by atoms with Crippen LogP contribution in [0.3, 0.4) is 0 Å². The minimum absolute atomic E-state index is 0.0794. The molecule has 162 valence electrons. The van der Waals surface area contributed by atoms with Crippen LogP contribution in [0.5, 0.6) is 0 Å². The van der Waals surface area contributed by atoms with Crippen LogP contribution in [0.4, 0.5) is 17.1 Å². The van der Waals surface area contributed by atoms with Crippen molar-refractivity contribution >= 4 is 28.9 Å². The highest BCUT2D eigenvalue weighted by Crippen LogP contribution is 2.22. The summed E-state index contributed by atoms with van der Waals surface area (Å²) in [6, 6.07) is 13.9. The predicted octanol–water partition coefficient (Wildman–Crippen LogP) is 0.831. The third-order valence-electron chi connectivity index (χ3n) is 5.67. The topological polar surface area (TPSA) is 109 Å². The maximum atomic E-state index is 12.6. The molecule has 31 heavy (non-hydrogen) atoms. The summed E-state index contributed by atoms with van der Waals surface area (Å²) in [6.45, 7) is 3.43. The molecule has 0 aromatic heterocycles. The van der Waals surface area contributed by atoms with Gasteiger partial charge in [0.1, 0.15) is 0 Å². The van der Waals surface area contributed by atoms with Crippen LogP contribution < -0.4 is 20.4 Å². The Balaban J connectivity index is 1.28. The number of benzene rings is 2. The van der Waals surface area contributed by atoms with Gasteiger partial charge < -0.3 is 20.4 Å². The maximum absolute atomic E-state index is 12.6. The Morgan fingerprint density at radius 1 is 1.06 bits per heavy atom. The van der Waals surface area contributed by atoms with E-state index in [2.05, 4.69) is 15.5 Å². The molecule has 4 rings (SSSR count). The molecule has 9 heteroatoms. The molecular formula is C22H26N5O4+. The van der Waals surface area contributed by atoms with E-state index in [0.29, 0.717) is 17.8 Å². The fourth-order valence-electron chi connectivity index (χ4n) is 3.75. The fraction of sp³-hybridized carbons (Fsp3) is 0.364. The summed E-state index contributed by atoms with van der Waals surface area (Å²) in [5.74, 6) is -0.270. The van der Waals surface area contributed by atoms with E-state index >= 15 is 0 Å². The monoisotopic (exact) mass is 424 g/mol. The van der Waals surface area contributed by atoms with Crippen LogP contribution in [0.2, 0.25) is 0 Å². The van der Waals surface area contributed by atoms with Gasteiger partial charge in [-0.25, -0.2) is 0 Å². The number of rotatable bonds is 7. The zero-order chi connectivity index (χ0) is 21.8. The van der Waals surface area contributed by atoms with Gasteiger partial charge in [-0.3, -0.25) is 19.7 Å². The molecule has 0 spiro atoms. The van der Waals surface area contributed by atoms with E-state index in [-0.39, 0.29) is 23.5 Å². The molecule has 1 saturated carbocycles. The number of carbonyl (C=O) groups excluding carboxylic acids is 2. The molecule has 1 aliphatic heterocycles. The van der Waals surface area contributed by atoms with E-state index in [4.69, 9.17) is 0 Å². The second-order valence-corrected chi connectivity index (χ2v) is 8.03. The zero-order valence-electron chi connectivity index (χ0n) is 17.2. The molecule has 2 aliphatic rings. The molecule has 2 amide bonds. The predicted molar refractivity (Wildman–Crippen MR) is 116 cm³/mol. The highest BCUT2D eigenvalue weighted by molar-refractivity contribution is 6.04. The van der Waals surface area contributed by atoms with Crippen molar-refractivity contribution in [1.29, 1.82) is 0 Å². The lowest BCUT2D eigenvalue weighted by Crippen LogP contribution is -3.15. The number of nitrogens with one attached hydrogen (secondary N) is 3. The minimum atomic E-state index is -0.405. The van der Waals surface area contributed by atoms with Gasteiger partial charge in [0.25, 0.3) is 17.5 Å². The highest BCUT2D eigenvalue weighted by Gasteiger charge is 2.26. The number of hydrogen-bond donors (Lipinski definition) is 3. The van der Waals surface area contributed by atoms with E-state index < -0.39 is 4.92 Å². The van der Waals surface area contributed by atoms with E-state index in [1.54, 1.807) is 36.4 Å². The van der Waals surface area contributed by atoms with E-state index in [9.17, 15) is 19.7 Å². The molecule has 0 radical (unpaired) electrons. The average molecular weight is 424 g/mol. The Morgan fingerprint density at radius 3 is 2.39 bits per heavy atom. The van der Waals surface area contributed by atoms with Gasteiger partial charge in [0.05, 0.1) is 42.4 Å². The van der Waals surface area contributed by atoms with Gasteiger partial charge in [-0.05, 0) is 37.1 Å². The number of amides is 2. The molecule has 9 nitrogen and oxygen atoms in total. The number of nitro groups is 1. The van der Waals surface area contributed by atoms with Crippen molar-refractivity contribution < 1.29 is 19.4 Å². The quantitative estimate of drug-likeness (QED) is 0.451. The number of non-ortho nitro benzene ring substituents is 1. The first kappa shape index (κ1) is 20.8. The number of hydrogen-bond acceptors (Lipinski definition) is 5. The molecule has 2 aromatic carbocycles. The molecule has 0 unspecified atom stereocenters. The number of nitrogens with zero attached hydrogens (tertiary/aromatic N) is 2. The minimum Gasteiger partial charge on any atom is -0.360 e. The molecule has 1 heterocycles. The van der Waals surface area contributed by atoms with Gasteiger partial charge in [0, 0.05) is 23.9 Å². The summed E-state index contributed by atoms with van der Waals surface area (Å²) in [7, 11) is 0. The third-order valence-corrected chi connectivity index (χ3v) is 5.67. The molecule has 0 bridgehead atoms. The Labute approximate surface area is 180 Å². The molecule has 0 atom stereocenters. The summed E-state index contributed by atoms with van der Waals surface area (Å²) >= 11 is 0. The normalized spacial score (nSPS) is 16.6. The molecule has 1 saturated heterocycles. The second kappa shape index (κ2) is 9.13. The Bertz CT molecular complexity index is 966. The number of piperazine rings is 1. The van der Waals surface area contributed by atoms with Crippen LogP contribution in [0.15, 0.2) is 48.5 Å². The molecule has 3 N–H and O–H groups in total.